The molecule has 0 aromatic carbocycles. The highest BCUT2D eigenvalue weighted by atomic mass is 16.4. The van der Waals surface area contributed by atoms with Crippen LogP contribution in [0.1, 0.15) is 58.6 Å². The molecular weight excluding hydrogens is 302 g/mol. The van der Waals surface area contributed by atoms with Crippen LogP contribution in [0.2, 0.25) is 0 Å². The van der Waals surface area contributed by atoms with E-state index in [1.54, 1.807) is 7.05 Å². The molecule has 0 amide bonds. The summed E-state index contributed by atoms with van der Waals surface area (Å²) in [7, 11) is 1.80. The van der Waals surface area contributed by atoms with Gasteiger partial charge in [0.1, 0.15) is 5.76 Å². The minimum absolute atomic E-state index is 0.0181. The van der Waals surface area contributed by atoms with Crippen LogP contribution in [-0.4, -0.2) is 48.6 Å². The number of nitrogens with zero attached hydrogens (tertiary/aromatic N) is 3. The Morgan fingerprint density at radius 2 is 2.17 bits per heavy atom. The molecule has 0 radical (unpaired) electrons. The zero-order valence-electron chi connectivity index (χ0n) is 15.9. The molecule has 1 atom stereocenters. The molecule has 0 saturated carbocycles. The Morgan fingerprint density at radius 3 is 2.79 bits per heavy atom. The number of nitrogens with one attached hydrogen (secondary N) is 2. The quantitative estimate of drug-likeness (QED) is 0.639. The molecule has 2 rings (SSSR count). The van der Waals surface area contributed by atoms with E-state index in [0.29, 0.717) is 18.5 Å². The minimum Gasteiger partial charge on any atom is -0.443 e. The van der Waals surface area contributed by atoms with Crippen molar-refractivity contribution >= 4 is 5.96 Å². The molecule has 1 aliphatic rings. The van der Waals surface area contributed by atoms with E-state index in [1.807, 2.05) is 6.20 Å². The van der Waals surface area contributed by atoms with Gasteiger partial charge in [-0.15, -0.1) is 0 Å². The highest BCUT2D eigenvalue weighted by Gasteiger charge is 2.21. The lowest BCUT2D eigenvalue weighted by Crippen LogP contribution is -2.48. The highest BCUT2D eigenvalue weighted by molar-refractivity contribution is 5.79. The molecular formula is C18H33N5O. The Kier molecular flexibility index (Phi) is 6.66. The average molecular weight is 335 g/mol. The van der Waals surface area contributed by atoms with Crippen molar-refractivity contribution in [1.82, 2.24) is 20.5 Å². The van der Waals surface area contributed by atoms with E-state index in [-0.39, 0.29) is 5.41 Å². The molecule has 2 heterocycles. The van der Waals surface area contributed by atoms with E-state index < -0.39 is 0 Å². The number of hydrogen-bond donors (Lipinski definition) is 2. The third-order valence-corrected chi connectivity index (χ3v) is 4.58. The van der Waals surface area contributed by atoms with Gasteiger partial charge in [-0.3, -0.25) is 9.89 Å². The standard InChI is InChI=1S/C18H33N5O/c1-6-23-10-8-7-9-14(23)11-21-17(19-5)22-13-16-20-12-15(24-16)18(2,3)4/h12,14H,6-11,13H2,1-5H3,(H2,19,21,22). The monoisotopic (exact) mass is 335 g/mol. The van der Waals surface area contributed by atoms with E-state index in [9.17, 15) is 0 Å². The lowest BCUT2D eigenvalue weighted by molar-refractivity contribution is 0.157. The van der Waals surface area contributed by atoms with Crippen molar-refractivity contribution in [1.29, 1.82) is 0 Å². The molecule has 1 unspecified atom stereocenters. The summed E-state index contributed by atoms with van der Waals surface area (Å²) in [6.07, 6.45) is 5.71. The first-order valence-electron chi connectivity index (χ1n) is 9.07. The van der Waals surface area contributed by atoms with E-state index in [2.05, 4.69) is 53.2 Å². The summed E-state index contributed by atoms with van der Waals surface area (Å²) in [5.74, 6) is 2.39. The molecule has 0 aliphatic carbocycles. The van der Waals surface area contributed by atoms with Gasteiger partial charge < -0.3 is 15.1 Å². The molecule has 24 heavy (non-hydrogen) atoms. The predicted molar refractivity (Wildman–Crippen MR) is 98.3 cm³/mol. The molecule has 0 spiro atoms. The number of likely N-dealkylation sites (tertiary alicyclic amines) is 1. The van der Waals surface area contributed by atoms with Crippen LogP contribution >= 0.6 is 0 Å². The smallest absolute Gasteiger partial charge is 0.213 e. The molecule has 2 N–H and O–H groups in total. The van der Waals surface area contributed by atoms with Crippen molar-refractivity contribution < 1.29 is 4.42 Å². The highest BCUT2D eigenvalue weighted by Crippen LogP contribution is 2.22. The molecule has 1 aromatic heterocycles. The van der Waals surface area contributed by atoms with Gasteiger partial charge in [-0.2, -0.15) is 0 Å². The zero-order chi connectivity index (χ0) is 17.6. The van der Waals surface area contributed by atoms with Crippen molar-refractivity contribution in [3.63, 3.8) is 0 Å². The fourth-order valence-corrected chi connectivity index (χ4v) is 3.04. The third kappa shape index (κ3) is 5.23. The number of hydrogen-bond acceptors (Lipinski definition) is 4. The third-order valence-electron chi connectivity index (χ3n) is 4.58. The molecule has 1 aromatic rings. The van der Waals surface area contributed by atoms with Crippen LogP contribution in [0.3, 0.4) is 0 Å². The van der Waals surface area contributed by atoms with Gasteiger partial charge >= 0.3 is 0 Å². The first kappa shape index (κ1) is 18.8. The molecule has 1 aliphatic heterocycles. The van der Waals surface area contributed by atoms with Crippen LogP contribution in [0.5, 0.6) is 0 Å². The van der Waals surface area contributed by atoms with Gasteiger partial charge in [-0.1, -0.05) is 34.1 Å². The van der Waals surface area contributed by atoms with Gasteiger partial charge in [-0.05, 0) is 25.9 Å². The SMILES string of the molecule is CCN1CCCCC1CNC(=NC)NCc1ncc(C(C)(C)C)o1. The molecule has 1 saturated heterocycles. The topological polar surface area (TPSA) is 65.7 Å². The maximum absolute atomic E-state index is 5.81. The number of rotatable bonds is 5. The van der Waals surface area contributed by atoms with Gasteiger partial charge in [0, 0.05) is 25.0 Å². The minimum atomic E-state index is -0.0181. The number of oxazole rings is 1. The van der Waals surface area contributed by atoms with Gasteiger partial charge in [0.25, 0.3) is 0 Å². The van der Waals surface area contributed by atoms with Gasteiger partial charge in [-0.25, -0.2) is 4.98 Å². The second-order valence-corrected chi connectivity index (χ2v) is 7.45. The van der Waals surface area contributed by atoms with Crippen LogP contribution in [0.25, 0.3) is 0 Å². The van der Waals surface area contributed by atoms with Crippen LogP contribution < -0.4 is 10.6 Å². The first-order valence-corrected chi connectivity index (χ1v) is 9.07. The van der Waals surface area contributed by atoms with Crippen LogP contribution in [-0.2, 0) is 12.0 Å². The van der Waals surface area contributed by atoms with Crippen LogP contribution in [0.4, 0.5) is 0 Å². The normalized spacial score (nSPS) is 20.2. The van der Waals surface area contributed by atoms with Crippen molar-refractivity contribution in [3.05, 3.63) is 17.8 Å². The Balaban J connectivity index is 1.81. The summed E-state index contributed by atoms with van der Waals surface area (Å²) in [5, 5.41) is 6.73. The molecule has 6 nitrogen and oxygen atoms in total. The predicted octanol–water partition coefficient (Wildman–Crippen LogP) is 2.51. The second-order valence-electron chi connectivity index (χ2n) is 7.45. The molecule has 6 heteroatoms. The largest absolute Gasteiger partial charge is 0.443 e. The Bertz CT molecular complexity index is 532. The maximum Gasteiger partial charge on any atom is 0.213 e. The first-order chi connectivity index (χ1) is 11.4. The lowest BCUT2D eigenvalue weighted by atomic mass is 9.94. The Hall–Kier alpha value is -1.56. The van der Waals surface area contributed by atoms with Crippen molar-refractivity contribution in [2.24, 2.45) is 4.99 Å². The fourth-order valence-electron chi connectivity index (χ4n) is 3.04. The van der Waals surface area contributed by atoms with Crippen molar-refractivity contribution in [2.75, 3.05) is 26.7 Å². The summed E-state index contributed by atoms with van der Waals surface area (Å²) in [6, 6.07) is 0.594. The Morgan fingerprint density at radius 1 is 1.38 bits per heavy atom. The molecule has 136 valence electrons. The van der Waals surface area contributed by atoms with Crippen molar-refractivity contribution in [2.45, 2.75) is 65.0 Å². The van der Waals surface area contributed by atoms with E-state index >= 15 is 0 Å². The summed E-state index contributed by atoms with van der Waals surface area (Å²) in [6.45, 7) is 12.4. The van der Waals surface area contributed by atoms with Crippen molar-refractivity contribution in [3.8, 4) is 0 Å². The lowest BCUT2D eigenvalue weighted by Gasteiger charge is -2.35. The summed E-state index contributed by atoms with van der Waals surface area (Å²) in [4.78, 5) is 11.2. The number of piperidine rings is 1. The van der Waals surface area contributed by atoms with E-state index in [0.717, 1.165) is 24.8 Å². The van der Waals surface area contributed by atoms with E-state index in [4.69, 9.17) is 4.42 Å². The Labute approximate surface area is 146 Å². The average Bonchev–Trinajstić information content (AvgIpc) is 3.04. The van der Waals surface area contributed by atoms with Gasteiger partial charge in [0.2, 0.25) is 5.89 Å². The fraction of sp³-hybridized carbons (Fsp3) is 0.778. The van der Waals surface area contributed by atoms with Crippen LogP contribution in [0, 0.1) is 0 Å². The van der Waals surface area contributed by atoms with Gasteiger partial charge in [0.15, 0.2) is 5.96 Å². The summed E-state index contributed by atoms with van der Waals surface area (Å²) >= 11 is 0. The summed E-state index contributed by atoms with van der Waals surface area (Å²) in [5.41, 5.74) is -0.0181. The molecule has 0 bridgehead atoms. The van der Waals surface area contributed by atoms with Gasteiger partial charge in [0.05, 0.1) is 12.7 Å². The zero-order valence-corrected chi connectivity index (χ0v) is 15.9. The second kappa shape index (κ2) is 8.51. The summed E-state index contributed by atoms with van der Waals surface area (Å²) < 4.78 is 5.81. The number of guanidine groups is 1. The van der Waals surface area contributed by atoms with Crippen LogP contribution in [0.15, 0.2) is 15.6 Å². The number of aliphatic imine (C=N–C) groups is 1. The molecule has 1 fully saturated rings. The maximum atomic E-state index is 5.81. The van der Waals surface area contributed by atoms with E-state index in [1.165, 1.54) is 25.8 Å². The number of likely N-dealkylation sites (N-methyl/N-ethyl adjacent to an activating group) is 1. The number of aromatic nitrogens is 1.